The Morgan fingerprint density at radius 2 is 2.17 bits per heavy atom. The van der Waals surface area contributed by atoms with E-state index in [1.807, 2.05) is 31.2 Å². The van der Waals surface area contributed by atoms with Crippen molar-refractivity contribution < 1.29 is 9.53 Å². The van der Waals surface area contributed by atoms with E-state index in [1.165, 1.54) is 0 Å². The molecule has 0 heterocycles. The second-order valence-electron chi connectivity index (χ2n) is 4.35. The Hall–Kier alpha value is -1.39. The third-order valence-corrected chi connectivity index (χ3v) is 2.98. The number of rotatable bonds is 7. The SMILES string of the molecule is CCC(CN)CC(=O)Nc1ccccc1COC. The number of benzene rings is 1. The summed E-state index contributed by atoms with van der Waals surface area (Å²) in [5.41, 5.74) is 7.40. The number of hydrogen-bond donors (Lipinski definition) is 2. The molecule has 1 unspecified atom stereocenters. The van der Waals surface area contributed by atoms with E-state index in [1.54, 1.807) is 7.11 Å². The molecule has 0 bridgehead atoms. The van der Waals surface area contributed by atoms with Crippen LogP contribution in [0, 0.1) is 5.92 Å². The summed E-state index contributed by atoms with van der Waals surface area (Å²) in [4.78, 5) is 11.9. The first kappa shape index (κ1) is 14.7. The molecule has 0 saturated carbocycles. The van der Waals surface area contributed by atoms with Gasteiger partial charge in [-0.3, -0.25) is 4.79 Å². The highest BCUT2D eigenvalue weighted by Gasteiger charge is 2.11. The van der Waals surface area contributed by atoms with E-state index in [0.717, 1.165) is 17.7 Å². The van der Waals surface area contributed by atoms with Crippen LogP contribution in [0.5, 0.6) is 0 Å². The van der Waals surface area contributed by atoms with Crippen LogP contribution in [0.1, 0.15) is 25.3 Å². The summed E-state index contributed by atoms with van der Waals surface area (Å²) in [6.45, 7) is 3.08. The van der Waals surface area contributed by atoms with Gasteiger partial charge in [0, 0.05) is 24.8 Å². The zero-order valence-corrected chi connectivity index (χ0v) is 11.1. The van der Waals surface area contributed by atoms with Crippen molar-refractivity contribution in [2.24, 2.45) is 11.7 Å². The Bertz CT molecular complexity index is 376. The average Bonchev–Trinajstić information content (AvgIpc) is 2.38. The van der Waals surface area contributed by atoms with Crippen LogP contribution in [-0.2, 0) is 16.1 Å². The van der Waals surface area contributed by atoms with E-state index in [0.29, 0.717) is 19.6 Å². The molecule has 1 aromatic carbocycles. The molecule has 0 radical (unpaired) electrons. The molecule has 0 spiro atoms. The number of anilines is 1. The van der Waals surface area contributed by atoms with Crippen molar-refractivity contribution >= 4 is 11.6 Å². The number of amides is 1. The maximum absolute atomic E-state index is 11.9. The molecule has 1 aromatic rings. The van der Waals surface area contributed by atoms with Crippen molar-refractivity contribution in [2.75, 3.05) is 19.0 Å². The lowest BCUT2D eigenvalue weighted by Gasteiger charge is -2.14. The molecular weight excluding hydrogens is 228 g/mol. The molecule has 1 atom stereocenters. The molecule has 0 saturated heterocycles. The minimum Gasteiger partial charge on any atom is -0.380 e. The first-order chi connectivity index (χ1) is 8.71. The van der Waals surface area contributed by atoms with Gasteiger partial charge in [0.25, 0.3) is 0 Å². The number of para-hydroxylation sites is 1. The average molecular weight is 250 g/mol. The lowest BCUT2D eigenvalue weighted by molar-refractivity contribution is -0.117. The van der Waals surface area contributed by atoms with E-state index >= 15 is 0 Å². The van der Waals surface area contributed by atoms with Gasteiger partial charge in [-0.25, -0.2) is 0 Å². The van der Waals surface area contributed by atoms with Gasteiger partial charge in [0.15, 0.2) is 0 Å². The predicted molar refractivity (Wildman–Crippen MR) is 73.2 cm³/mol. The fraction of sp³-hybridized carbons (Fsp3) is 0.500. The van der Waals surface area contributed by atoms with Crippen LogP contribution < -0.4 is 11.1 Å². The summed E-state index contributed by atoms with van der Waals surface area (Å²) >= 11 is 0. The smallest absolute Gasteiger partial charge is 0.224 e. The van der Waals surface area contributed by atoms with Crippen LogP contribution in [0.4, 0.5) is 5.69 Å². The van der Waals surface area contributed by atoms with Gasteiger partial charge in [-0.05, 0) is 18.5 Å². The number of nitrogens with two attached hydrogens (primary N) is 1. The third-order valence-electron chi connectivity index (χ3n) is 2.98. The minimum atomic E-state index is 0.0100. The number of carbonyl (C=O) groups excluding carboxylic acids is 1. The summed E-state index contributed by atoms with van der Waals surface area (Å²) in [5.74, 6) is 0.260. The van der Waals surface area contributed by atoms with Gasteiger partial charge in [-0.2, -0.15) is 0 Å². The maximum atomic E-state index is 11.9. The summed E-state index contributed by atoms with van der Waals surface area (Å²) in [7, 11) is 1.64. The first-order valence-corrected chi connectivity index (χ1v) is 6.28. The lowest BCUT2D eigenvalue weighted by Crippen LogP contribution is -2.22. The molecule has 4 heteroatoms. The molecule has 4 nitrogen and oxygen atoms in total. The quantitative estimate of drug-likeness (QED) is 0.779. The Labute approximate surface area is 109 Å². The number of methoxy groups -OCH3 is 1. The van der Waals surface area contributed by atoms with Crippen LogP contribution in [0.3, 0.4) is 0 Å². The standard InChI is InChI=1S/C14H22N2O2/c1-3-11(9-15)8-14(17)16-13-7-5-4-6-12(13)10-18-2/h4-7,11H,3,8-10,15H2,1-2H3,(H,16,17). The van der Waals surface area contributed by atoms with E-state index in [9.17, 15) is 4.79 Å². The van der Waals surface area contributed by atoms with Gasteiger partial charge < -0.3 is 15.8 Å². The molecule has 18 heavy (non-hydrogen) atoms. The molecule has 1 rings (SSSR count). The van der Waals surface area contributed by atoms with Crippen molar-refractivity contribution in [1.29, 1.82) is 0 Å². The zero-order valence-electron chi connectivity index (χ0n) is 11.1. The zero-order chi connectivity index (χ0) is 13.4. The summed E-state index contributed by atoms with van der Waals surface area (Å²) in [5, 5.41) is 2.92. The molecule has 0 fully saturated rings. The predicted octanol–water partition coefficient (Wildman–Crippen LogP) is 2.15. The largest absolute Gasteiger partial charge is 0.380 e. The number of hydrogen-bond acceptors (Lipinski definition) is 3. The van der Waals surface area contributed by atoms with Crippen molar-refractivity contribution in [1.82, 2.24) is 0 Å². The van der Waals surface area contributed by atoms with Gasteiger partial charge in [0.1, 0.15) is 0 Å². The Kier molecular flexibility index (Phi) is 6.39. The summed E-state index contributed by atoms with van der Waals surface area (Å²) < 4.78 is 5.10. The molecule has 0 aliphatic carbocycles. The molecule has 1 amide bonds. The second-order valence-corrected chi connectivity index (χ2v) is 4.35. The molecule has 0 aromatic heterocycles. The molecule has 3 N–H and O–H groups in total. The fourth-order valence-corrected chi connectivity index (χ4v) is 1.78. The Morgan fingerprint density at radius 3 is 2.78 bits per heavy atom. The van der Waals surface area contributed by atoms with Crippen LogP contribution in [0.25, 0.3) is 0 Å². The Morgan fingerprint density at radius 1 is 1.44 bits per heavy atom. The number of carbonyl (C=O) groups is 1. The first-order valence-electron chi connectivity index (χ1n) is 6.28. The summed E-state index contributed by atoms with van der Waals surface area (Å²) in [6, 6.07) is 7.66. The molecule has 0 aliphatic rings. The van der Waals surface area contributed by atoms with Crippen molar-refractivity contribution in [3.8, 4) is 0 Å². The molecule has 0 aliphatic heterocycles. The van der Waals surface area contributed by atoms with Crippen molar-refractivity contribution in [2.45, 2.75) is 26.4 Å². The highest BCUT2D eigenvalue weighted by molar-refractivity contribution is 5.91. The van der Waals surface area contributed by atoms with Gasteiger partial charge in [0.2, 0.25) is 5.91 Å². The Balaban J connectivity index is 2.63. The van der Waals surface area contributed by atoms with Crippen LogP contribution in [0.15, 0.2) is 24.3 Å². The lowest BCUT2D eigenvalue weighted by atomic mass is 10.0. The van der Waals surface area contributed by atoms with E-state index in [-0.39, 0.29) is 11.8 Å². The fourth-order valence-electron chi connectivity index (χ4n) is 1.78. The van der Waals surface area contributed by atoms with Gasteiger partial charge in [-0.15, -0.1) is 0 Å². The van der Waals surface area contributed by atoms with E-state index in [2.05, 4.69) is 5.32 Å². The maximum Gasteiger partial charge on any atom is 0.224 e. The monoisotopic (exact) mass is 250 g/mol. The van der Waals surface area contributed by atoms with Gasteiger partial charge >= 0.3 is 0 Å². The normalized spacial score (nSPS) is 12.2. The summed E-state index contributed by atoms with van der Waals surface area (Å²) in [6.07, 6.45) is 1.39. The topological polar surface area (TPSA) is 64.4 Å². The van der Waals surface area contributed by atoms with Crippen molar-refractivity contribution in [3.63, 3.8) is 0 Å². The molecular formula is C14H22N2O2. The van der Waals surface area contributed by atoms with Crippen molar-refractivity contribution in [3.05, 3.63) is 29.8 Å². The van der Waals surface area contributed by atoms with E-state index < -0.39 is 0 Å². The van der Waals surface area contributed by atoms with Gasteiger partial charge in [0.05, 0.1) is 6.61 Å². The minimum absolute atomic E-state index is 0.0100. The van der Waals surface area contributed by atoms with Crippen LogP contribution >= 0.6 is 0 Å². The third kappa shape index (κ3) is 4.47. The number of ether oxygens (including phenoxy) is 1. The van der Waals surface area contributed by atoms with Crippen LogP contribution in [0.2, 0.25) is 0 Å². The molecule has 100 valence electrons. The highest BCUT2D eigenvalue weighted by atomic mass is 16.5. The highest BCUT2D eigenvalue weighted by Crippen LogP contribution is 2.17. The number of nitrogens with one attached hydrogen (secondary N) is 1. The van der Waals surface area contributed by atoms with E-state index in [4.69, 9.17) is 10.5 Å². The van der Waals surface area contributed by atoms with Gasteiger partial charge in [-0.1, -0.05) is 31.5 Å². The van der Waals surface area contributed by atoms with Crippen LogP contribution in [-0.4, -0.2) is 19.6 Å². The second kappa shape index (κ2) is 7.84.